The van der Waals surface area contributed by atoms with E-state index in [0.717, 1.165) is 6.42 Å². The highest BCUT2D eigenvalue weighted by Gasteiger charge is 2.06. The third-order valence-corrected chi connectivity index (χ3v) is 2.10. The fraction of sp³-hybridized carbons (Fsp3) is 0.600. The molecular weight excluding hydrogens is 120 g/mol. The normalized spacial score (nSPS) is 19.4. The molecule has 1 aliphatic carbocycles. The van der Waals surface area contributed by atoms with Crippen LogP contribution >= 0.6 is 0 Å². The lowest BCUT2D eigenvalue weighted by atomic mass is 10.1. The summed E-state index contributed by atoms with van der Waals surface area (Å²) >= 11 is 0. The lowest BCUT2D eigenvalue weighted by Gasteiger charge is -1.92. The van der Waals surface area contributed by atoms with Gasteiger partial charge in [-0.25, -0.2) is 0 Å². The third-order valence-electron chi connectivity index (χ3n) is 2.10. The molecule has 0 aromatic rings. The van der Waals surface area contributed by atoms with E-state index in [4.69, 9.17) is 0 Å². The van der Waals surface area contributed by atoms with Crippen LogP contribution in [0.3, 0.4) is 0 Å². The SMILES string of the molecule is CC/C=C\C1=C(C)CCC1. The summed E-state index contributed by atoms with van der Waals surface area (Å²) in [5.41, 5.74) is 3.19. The second-order valence-electron chi connectivity index (χ2n) is 2.97. The van der Waals surface area contributed by atoms with E-state index in [1.807, 2.05) is 0 Å². The zero-order chi connectivity index (χ0) is 7.40. The molecule has 0 amide bonds. The summed E-state index contributed by atoms with van der Waals surface area (Å²) < 4.78 is 0. The number of hydrogen-bond acceptors (Lipinski definition) is 0. The number of allylic oxidation sites excluding steroid dienone is 4. The van der Waals surface area contributed by atoms with Gasteiger partial charge in [-0.2, -0.15) is 0 Å². The summed E-state index contributed by atoms with van der Waals surface area (Å²) in [5, 5.41) is 0. The minimum absolute atomic E-state index is 1.16. The molecule has 1 rings (SSSR count). The Hall–Kier alpha value is -0.520. The van der Waals surface area contributed by atoms with Crippen molar-refractivity contribution in [2.75, 3.05) is 0 Å². The van der Waals surface area contributed by atoms with Crippen molar-refractivity contribution >= 4 is 0 Å². The van der Waals surface area contributed by atoms with Crippen LogP contribution in [-0.2, 0) is 0 Å². The van der Waals surface area contributed by atoms with Crippen molar-refractivity contribution in [3.8, 4) is 0 Å². The molecule has 0 N–H and O–H groups in total. The van der Waals surface area contributed by atoms with Crippen LogP contribution < -0.4 is 0 Å². The third kappa shape index (κ3) is 1.73. The maximum absolute atomic E-state index is 2.29. The van der Waals surface area contributed by atoms with Crippen LogP contribution in [-0.4, -0.2) is 0 Å². The monoisotopic (exact) mass is 136 g/mol. The van der Waals surface area contributed by atoms with Gasteiger partial charge in [0.1, 0.15) is 0 Å². The minimum atomic E-state index is 1.16. The number of rotatable bonds is 2. The van der Waals surface area contributed by atoms with Gasteiger partial charge in [0.25, 0.3) is 0 Å². The van der Waals surface area contributed by atoms with Gasteiger partial charge in [0.05, 0.1) is 0 Å². The van der Waals surface area contributed by atoms with Crippen molar-refractivity contribution in [1.29, 1.82) is 0 Å². The maximum Gasteiger partial charge on any atom is -0.0276 e. The van der Waals surface area contributed by atoms with Crippen molar-refractivity contribution in [2.24, 2.45) is 0 Å². The Balaban J connectivity index is 2.54. The molecule has 0 saturated heterocycles. The molecule has 56 valence electrons. The van der Waals surface area contributed by atoms with Gasteiger partial charge in [-0.05, 0) is 38.2 Å². The predicted molar refractivity (Wildman–Crippen MR) is 46.0 cm³/mol. The summed E-state index contributed by atoms with van der Waals surface area (Å²) in [7, 11) is 0. The van der Waals surface area contributed by atoms with Gasteiger partial charge in [-0.1, -0.05) is 24.6 Å². The molecule has 0 aromatic carbocycles. The van der Waals surface area contributed by atoms with Crippen LogP contribution in [0.1, 0.15) is 39.5 Å². The second kappa shape index (κ2) is 3.60. The van der Waals surface area contributed by atoms with Crippen molar-refractivity contribution in [3.63, 3.8) is 0 Å². The number of hydrogen-bond donors (Lipinski definition) is 0. The molecule has 0 unspecified atom stereocenters. The maximum atomic E-state index is 2.29. The summed E-state index contributed by atoms with van der Waals surface area (Å²) in [6.07, 6.45) is 9.71. The Morgan fingerprint density at radius 1 is 1.40 bits per heavy atom. The highest BCUT2D eigenvalue weighted by molar-refractivity contribution is 5.28. The molecule has 10 heavy (non-hydrogen) atoms. The van der Waals surface area contributed by atoms with E-state index < -0.39 is 0 Å². The van der Waals surface area contributed by atoms with Crippen LogP contribution in [0.2, 0.25) is 0 Å². The summed E-state index contributed by atoms with van der Waals surface area (Å²) in [6.45, 7) is 4.43. The first kappa shape index (κ1) is 7.59. The highest BCUT2D eigenvalue weighted by atomic mass is 14.1. The summed E-state index contributed by atoms with van der Waals surface area (Å²) in [6, 6.07) is 0. The molecular formula is C10H16. The smallest absolute Gasteiger partial charge is 0.0276 e. The van der Waals surface area contributed by atoms with Crippen molar-refractivity contribution in [1.82, 2.24) is 0 Å². The van der Waals surface area contributed by atoms with Crippen LogP contribution in [0.4, 0.5) is 0 Å². The zero-order valence-electron chi connectivity index (χ0n) is 6.98. The second-order valence-corrected chi connectivity index (χ2v) is 2.97. The Kier molecular flexibility index (Phi) is 2.73. The molecule has 0 radical (unpaired) electrons. The highest BCUT2D eigenvalue weighted by Crippen LogP contribution is 2.25. The van der Waals surface area contributed by atoms with E-state index >= 15 is 0 Å². The molecule has 0 nitrogen and oxygen atoms in total. The van der Waals surface area contributed by atoms with Gasteiger partial charge < -0.3 is 0 Å². The first-order valence-corrected chi connectivity index (χ1v) is 4.19. The minimum Gasteiger partial charge on any atom is -0.0845 e. The van der Waals surface area contributed by atoms with E-state index in [0.29, 0.717) is 0 Å². The first-order chi connectivity index (χ1) is 4.84. The average Bonchev–Trinajstić information content (AvgIpc) is 2.31. The van der Waals surface area contributed by atoms with E-state index in [9.17, 15) is 0 Å². The Bertz CT molecular complexity index is 161. The molecule has 0 heterocycles. The predicted octanol–water partition coefficient (Wildman–Crippen LogP) is 3.45. The van der Waals surface area contributed by atoms with Crippen LogP contribution in [0.25, 0.3) is 0 Å². The lowest BCUT2D eigenvalue weighted by Crippen LogP contribution is -1.72. The summed E-state index contributed by atoms with van der Waals surface area (Å²) in [5.74, 6) is 0. The van der Waals surface area contributed by atoms with Crippen molar-refractivity contribution < 1.29 is 0 Å². The van der Waals surface area contributed by atoms with Gasteiger partial charge in [0, 0.05) is 0 Å². The van der Waals surface area contributed by atoms with E-state index in [1.165, 1.54) is 19.3 Å². The Labute approximate surface area is 63.6 Å². The first-order valence-electron chi connectivity index (χ1n) is 4.19. The molecule has 0 spiro atoms. The Morgan fingerprint density at radius 3 is 2.70 bits per heavy atom. The van der Waals surface area contributed by atoms with Crippen LogP contribution in [0, 0.1) is 0 Å². The molecule has 0 aliphatic heterocycles. The standard InChI is InChI=1S/C10H16/c1-3-4-7-10-8-5-6-9(10)2/h4,7H,3,5-6,8H2,1-2H3/b7-4-. The van der Waals surface area contributed by atoms with Gasteiger partial charge in [0.15, 0.2) is 0 Å². The average molecular weight is 136 g/mol. The fourth-order valence-electron chi connectivity index (χ4n) is 1.40. The van der Waals surface area contributed by atoms with Gasteiger partial charge in [0.2, 0.25) is 0 Å². The van der Waals surface area contributed by atoms with Crippen LogP contribution in [0.5, 0.6) is 0 Å². The molecule has 1 aliphatic rings. The van der Waals surface area contributed by atoms with Crippen molar-refractivity contribution in [3.05, 3.63) is 23.3 Å². The Morgan fingerprint density at radius 2 is 2.20 bits per heavy atom. The fourth-order valence-corrected chi connectivity index (χ4v) is 1.40. The van der Waals surface area contributed by atoms with E-state index in [1.54, 1.807) is 11.1 Å². The van der Waals surface area contributed by atoms with Crippen LogP contribution in [0.15, 0.2) is 23.3 Å². The van der Waals surface area contributed by atoms with Gasteiger partial charge in [-0.15, -0.1) is 0 Å². The lowest BCUT2D eigenvalue weighted by molar-refractivity contribution is 0.898. The van der Waals surface area contributed by atoms with Gasteiger partial charge in [-0.3, -0.25) is 0 Å². The zero-order valence-corrected chi connectivity index (χ0v) is 6.98. The molecule has 0 bridgehead atoms. The molecule has 0 heteroatoms. The molecule has 0 atom stereocenters. The molecule has 0 aromatic heterocycles. The van der Waals surface area contributed by atoms with E-state index in [-0.39, 0.29) is 0 Å². The summed E-state index contributed by atoms with van der Waals surface area (Å²) in [4.78, 5) is 0. The van der Waals surface area contributed by atoms with Crippen molar-refractivity contribution in [2.45, 2.75) is 39.5 Å². The largest absolute Gasteiger partial charge is 0.0845 e. The molecule has 0 fully saturated rings. The molecule has 0 saturated carbocycles. The quantitative estimate of drug-likeness (QED) is 0.545. The topological polar surface area (TPSA) is 0 Å². The van der Waals surface area contributed by atoms with E-state index in [2.05, 4.69) is 26.0 Å². The van der Waals surface area contributed by atoms with Gasteiger partial charge >= 0.3 is 0 Å².